The summed E-state index contributed by atoms with van der Waals surface area (Å²) in [6, 6.07) is 13.4. The molecule has 0 bridgehead atoms. The van der Waals surface area contributed by atoms with Gasteiger partial charge in [0.1, 0.15) is 0 Å². The summed E-state index contributed by atoms with van der Waals surface area (Å²) < 4.78 is 7.69. The summed E-state index contributed by atoms with van der Waals surface area (Å²) in [5.41, 5.74) is 7.15. The second-order valence-corrected chi connectivity index (χ2v) is 9.52. The van der Waals surface area contributed by atoms with E-state index < -0.39 is 0 Å². The molecule has 0 spiro atoms. The van der Waals surface area contributed by atoms with Crippen molar-refractivity contribution in [3.8, 4) is 5.69 Å². The van der Waals surface area contributed by atoms with Gasteiger partial charge in [-0.3, -0.25) is 9.36 Å². The molecule has 3 heterocycles. The van der Waals surface area contributed by atoms with Gasteiger partial charge in [-0.05, 0) is 80.5 Å². The highest BCUT2D eigenvalue weighted by Gasteiger charge is 2.30. The Morgan fingerprint density at radius 1 is 1.09 bits per heavy atom. The highest BCUT2D eigenvalue weighted by Crippen LogP contribution is 2.32. The maximum Gasteiger partial charge on any atom is 0.223 e. The molecular weight excluding hydrogens is 412 g/mol. The molecule has 1 N–H and O–H groups in total. The van der Waals surface area contributed by atoms with Crippen molar-refractivity contribution in [2.45, 2.75) is 52.5 Å². The number of piperidine rings is 1. The lowest BCUT2D eigenvalue weighted by atomic mass is 9.95. The first-order valence-electron chi connectivity index (χ1n) is 12.3. The molecule has 6 heteroatoms. The highest BCUT2D eigenvalue weighted by atomic mass is 16.5. The number of anilines is 1. The van der Waals surface area contributed by atoms with Gasteiger partial charge in [-0.1, -0.05) is 19.1 Å². The van der Waals surface area contributed by atoms with Crippen molar-refractivity contribution in [1.82, 2.24) is 14.9 Å². The van der Waals surface area contributed by atoms with Crippen LogP contribution in [0.25, 0.3) is 16.7 Å². The average molecular weight is 447 g/mol. The molecule has 1 aromatic heterocycles. The van der Waals surface area contributed by atoms with Crippen LogP contribution in [-0.4, -0.2) is 47.8 Å². The van der Waals surface area contributed by atoms with Gasteiger partial charge in [-0.2, -0.15) is 0 Å². The van der Waals surface area contributed by atoms with Gasteiger partial charge in [0.15, 0.2) is 0 Å². The van der Waals surface area contributed by atoms with Gasteiger partial charge in [0.2, 0.25) is 11.9 Å². The second kappa shape index (κ2) is 9.18. The van der Waals surface area contributed by atoms with Gasteiger partial charge >= 0.3 is 0 Å². The van der Waals surface area contributed by atoms with Crippen molar-refractivity contribution in [3.05, 3.63) is 53.1 Å². The summed E-state index contributed by atoms with van der Waals surface area (Å²) in [7, 11) is 0. The maximum absolute atomic E-state index is 12.8. The molecule has 0 radical (unpaired) electrons. The number of imidazole rings is 1. The van der Waals surface area contributed by atoms with E-state index in [4.69, 9.17) is 9.72 Å². The van der Waals surface area contributed by atoms with Gasteiger partial charge < -0.3 is 15.0 Å². The van der Waals surface area contributed by atoms with E-state index in [-0.39, 0.29) is 17.9 Å². The monoisotopic (exact) mass is 446 g/mol. The fourth-order valence-corrected chi connectivity index (χ4v) is 4.98. The first-order valence-corrected chi connectivity index (χ1v) is 12.3. The summed E-state index contributed by atoms with van der Waals surface area (Å²) in [6.45, 7) is 9.52. The van der Waals surface area contributed by atoms with Crippen LogP contribution in [0, 0.1) is 19.8 Å². The van der Waals surface area contributed by atoms with Crippen LogP contribution in [0.2, 0.25) is 0 Å². The number of nitrogens with one attached hydrogen (secondary N) is 1. The number of aryl methyl sites for hydroxylation is 3. The Morgan fingerprint density at radius 2 is 1.82 bits per heavy atom. The van der Waals surface area contributed by atoms with E-state index in [1.165, 1.54) is 16.7 Å². The number of carbonyl (C=O) groups is 1. The Labute approximate surface area is 195 Å². The van der Waals surface area contributed by atoms with Gasteiger partial charge in [0.25, 0.3) is 0 Å². The quantitative estimate of drug-likeness (QED) is 0.634. The molecule has 3 aromatic rings. The lowest BCUT2D eigenvalue weighted by molar-refractivity contribution is -0.126. The number of nitrogens with zero attached hydrogens (tertiary/aromatic N) is 3. The van der Waals surface area contributed by atoms with E-state index in [9.17, 15) is 4.79 Å². The smallest absolute Gasteiger partial charge is 0.223 e. The molecule has 174 valence electrons. The molecule has 6 nitrogen and oxygen atoms in total. The fourth-order valence-electron chi connectivity index (χ4n) is 4.98. The van der Waals surface area contributed by atoms with E-state index >= 15 is 0 Å². The zero-order valence-corrected chi connectivity index (χ0v) is 19.9. The second-order valence-electron chi connectivity index (χ2n) is 9.52. The van der Waals surface area contributed by atoms with Gasteiger partial charge in [0, 0.05) is 31.3 Å². The van der Waals surface area contributed by atoms with E-state index in [2.05, 4.69) is 72.0 Å². The lowest BCUT2D eigenvalue weighted by Crippen LogP contribution is -2.44. The van der Waals surface area contributed by atoms with Crippen LogP contribution in [0.3, 0.4) is 0 Å². The van der Waals surface area contributed by atoms with Gasteiger partial charge in [-0.15, -0.1) is 0 Å². The van der Waals surface area contributed by atoms with Gasteiger partial charge in [0.05, 0.1) is 23.7 Å². The van der Waals surface area contributed by atoms with Crippen molar-refractivity contribution >= 4 is 22.9 Å². The van der Waals surface area contributed by atoms with E-state index in [1.54, 1.807) is 0 Å². The molecule has 2 saturated heterocycles. The topological polar surface area (TPSA) is 59.4 Å². The Hall–Kier alpha value is -2.86. The molecule has 0 saturated carbocycles. The van der Waals surface area contributed by atoms with Crippen molar-refractivity contribution in [2.75, 3.05) is 31.2 Å². The molecular formula is C27H34N4O2. The molecule has 2 aliphatic heterocycles. The first-order chi connectivity index (χ1) is 16.0. The van der Waals surface area contributed by atoms with E-state index in [0.717, 1.165) is 68.0 Å². The minimum atomic E-state index is 0.0630. The zero-order chi connectivity index (χ0) is 22.9. The Bertz CT molecular complexity index is 1140. The van der Waals surface area contributed by atoms with Crippen LogP contribution >= 0.6 is 0 Å². The highest BCUT2D eigenvalue weighted by molar-refractivity contribution is 5.83. The van der Waals surface area contributed by atoms with Crippen LogP contribution in [-0.2, 0) is 16.0 Å². The zero-order valence-electron chi connectivity index (χ0n) is 19.9. The largest absolute Gasteiger partial charge is 0.379 e. The minimum Gasteiger partial charge on any atom is -0.379 e. The van der Waals surface area contributed by atoms with Crippen LogP contribution in [0.5, 0.6) is 0 Å². The van der Waals surface area contributed by atoms with Crippen LogP contribution < -0.4 is 10.2 Å². The van der Waals surface area contributed by atoms with E-state index in [0.29, 0.717) is 6.61 Å². The minimum absolute atomic E-state index is 0.0630. The van der Waals surface area contributed by atoms with Crippen LogP contribution in [0.4, 0.5) is 5.95 Å². The van der Waals surface area contributed by atoms with Crippen LogP contribution in [0.15, 0.2) is 36.4 Å². The number of hydrogen-bond donors (Lipinski definition) is 1. The number of aromatic nitrogens is 2. The normalized spacial score (nSPS) is 19.4. The van der Waals surface area contributed by atoms with Crippen molar-refractivity contribution < 1.29 is 9.53 Å². The predicted octanol–water partition coefficient (Wildman–Crippen LogP) is 4.33. The lowest BCUT2D eigenvalue weighted by Gasteiger charge is -2.32. The van der Waals surface area contributed by atoms with Crippen molar-refractivity contribution in [1.29, 1.82) is 0 Å². The molecule has 5 rings (SSSR count). The molecule has 0 unspecified atom stereocenters. The van der Waals surface area contributed by atoms with Crippen molar-refractivity contribution in [2.24, 2.45) is 5.92 Å². The summed E-state index contributed by atoms with van der Waals surface area (Å²) in [5.74, 6) is 1.22. The Kier molecular flexibility index (Phi) is 6.11. The third kappa shape index (κ3) is 4.36. The average Bonchev–Trinajstić information content (AvgIpc) is 3.47. The molecule has 2 aliphatic rings. The third-order valence-corrected chi connectivity index (χ3v) is 7.28. The Morgan fingerprint density at radius 3 is 2.48 bits per heavy atom. The van der Waals surface area contributed by atoms with Crippen LogP contribution in [0.1, 0.15) is 42.9 Å². The number of hydrogen-bond acceptors (Lipinski definition) is 4. The number of amides is 1. The summed E-state index contributed by atoms with van der Waals surface area (Å²) in [5, 5.41) is 3.18. The van der Waals surface area contributed by atoms with Gasteiger partial charge in [-0.25, -0.2) is 4.98 Å². The molecule has 2 fully saturated rings. The number of fused-ring (bicyclic) bond motifs is 1. The number of benzene rings is 2. The predicted molar refractivity (Wildman–Crippen MR) is 132 cm³/mol. The summed E-state index contributed by atoms with van der Waals surface area (Å²) in [4.78, 5) is 20.2. The molecule has 2 aromatic carbocycles. The third-order valence-electron chi connectivity index (χ3n) is 7.28. The number of carbonyl (C=O) groups excluding carboxylic acids is 1. The fraction of sp³-hybridized carbons (Fsp3) is 0.481. The first kappa shape index (κ1) is 22.0. The summed E-state index contributed by atoms with van der Waals surface area (Å²) >= 11 is 0. The molecule has 1 amide bonds. The summed E-state index contributed by atoms with van der Waals surface area (Å²) in [6.07, 6.45) is 3.63. The molecule has 33 heavy (non-hydrogen) atoms. The molecule has 0 aliphatic carbocycles. The van der Waals surface area contributed by atoms with Crippen molar-refractivity contribution in [3.63, 3.8) is 0 Å². The number of ether oxygens (including phenoxy) is 1. The Balaban J connectivity index is 1.42. The number of rotatable bonds is 5. The maximum atomic E-state index is 12.8. The standard InChI is InChI=1S/C27H34N4O2/c1-4-20-5-7-23(8-6-20)31-25-16-19(3)18(2)15-24(25)29-27(31)30-12-9-21(10-13-30)26(32)28-22-11-14-33-17-22/h5-8,15-16,21-22H,4,9-14,17H2,1-3H3,(H,28,32)/t22-/m1/s1. The van der Waals surface area contributed by atoms with E-state index in [1.807, 2.05) is 0 Å². The SMILES string of the molecule is CCc1ccc(-n2c(N3CCC(C(=O)N[C@@H]4CCOC4)CC3)nc3cc(C)c(C)cc32)cc1. The molecule has 1 atom stereocenters.